The van der Waals surface area contributed by atoms with Crippen LogP contribution in [0.3, 0.4) is 0 Å². The van der Waals surface area contributed by atoms with Crippen LogP contribution in [0.1, 0.15) is 18.4 Å². The second kappa shape index (κ2) is 4.92. The summed E-state index contributed by atoms with van der Waals surface area (Å²) in [7, 11) is 0. The number of nitrogens with zero attached hydrogens (tertiary/aromatic N) is 2. The van der Waals surface area contributed by atoms with Gasteiger partial charge in [-0.1, -0.05) is 11.6 Å². The highest BCUT2D eigenvalue weighted by Gasteiger charge is 2.23. The second-order valence-electron chi connectivity index (χ2n) is 3.92. The standard InChI is InChI=1S/C11H15ClN2O/c12-11-6-13-4-3-9(11)7-14-5-1-2-10(14)8-15/h3-4,6,10,15H,1-2,5,7-8H2/t10-/m1/s1. The fourth-order valence-corrected chi connectivity index (χ4v) is 2.24. The maximum absolute atomic E-state index is 9.20. The number of likely N-dealkylation sites (tertiary alicyclic amines) is 1. The first-order valence-electron chi connectivity index (χ1n) is 5.24. The molecule has 0 amide bonds. The summed E-state index contributed by atoms with van der Waals surface area (Å²) >= 11 is 6.04. The fraction of sp³-hybridized carbons (Fsp3) is 0.545. The fourth-order valence-electron chi connectivity index (χ4n) is 2.06. The topological polar surface area (TPSA) is 36.4 Å². The molecule has 1 aliphatic heterocycles. The Hall–Kier alpha value is -0.640. The molecule has 1 atom stereocenters. The molecule has 0 radical (unpaired) electrons. The third-order valence-electron chi connectivity index (χ3n) is 2.94. The molecule has 2 heterocycles. The average molecular weight is 227 g/mol. The second-order valence-corrected chi connectivity index (χ2v) is 4.32. The van der Waals surface area contributed by atoms with Crippen molar-refractivity contribution in [1.29, 1.82) is 0 Å². The predicted molar refractivity (Wildman–Crippen MR) is 59.8 cm³/mol. The average Bonchev–Trinajstić information content (AvgIpc) is 2.69. The molecule has 0 aromatic carbocycles. The summed E-state index contributed by atoms with van der Waals surface area (Å²) in [6.07, 6.45) is 5.67. The number of hydrogen-bond donors (Lipinski definition) is 1. The first-order chi connectivity index (χ1) is 7.31. The molecule has 3 nitrogen and oxygen atoms in total. The molecular formula is C11H15ClN2O. The summed E-state index contributed by atoms with van der Waals surface area (Å²) < 4.78 is 0. The van der Waals surface area contributed by atoms with Crippen LogP contribution in [0.15, 0.2) is 18.5 Å². The third kappa shape index (κ3) is 2.48. The highest BCUT2D eigenvalue weighted by molar-refractivity contribution is 6.31. The van der Waals surface area contributed by atoms with E-state index in [9.17, 15) is 5.11 Å². The minimum Gasteiger partial charge on any atom is -0.395 e. The van der Waals surface area contributed by atoms with E-state index in [4.69, 9.17) is 11.6 Å². The highest BCUT2D eigenvalue weighted by Crippen LogP contribution is 2.22. The smallest absolute Gasteiger partial charge is 0.0634 e. The lowest BCUT2D eigenvalue weighted by Crippen LogP contribution is -2.31. The molecular weight excluding hydrogens is 212 g/mol. The molecule has 4 heteroatoms. The van der Waals surface area contributed by atoms with Crippen LogP contribution in [0.4, 0.5) is 0 Å². The van der Waals surface area contributed by atoms with Crippen molar-refractivity contribution in [1.82, 2.24) is 9.88 Å². The molecule has 1 saturated heterocycles. The Morgan fingerprint density at radius 3 is 3.20 bits per heavy atom. The van der Waals surface area contributed by atoms with Crippen molar-refractivity contribution in [2.45, 2.75) is 25.4 Å². The van der Waals surface area contributed by atoms with Gasteiger partial charge in [0.2, 0.25) is 0 Å². The van der Waals surface area contributed by atoms with Crippen molar-refractivity contribution < 1.29 is 5.11 Å². The Balaban J connectivity index is 2.05. The third-order valence-corrected chi connectivity index (χ3v) is 3.28. The lowest BCUT2D eigenvalue weighted by Gasteiger charge is -2.22. The number of rotatable bonds is 3. The van der Waals surface area contributed by atoms with Crippen LogP contribution >= 0.6 is 11.6 Å². The SMILES string of the molecule is OC[C@H]1CCCN1Cc1ccncc1Cl. The first kappa shape index (κ1) is 10.9. The van der Waals surface area contributed by atoms with E-state index in [1.54, 1.807) is 12.4 Å². The van der Waals surface area contributed by atoms with Gasteiger partial charge in [-0.25, -0.2) is 0 Å². The van der Waals surface area contributed by atoms with Gasteiger partial charge in [0, 0.05) is 25.0 Å². The van der Waals surface area contributed by atoms with Crippen LogP contribution in [0.25, 0.3) is 0 Å². The van der Waals surface area contributed by atoms with E-state index in [1.807, 2.05) is 6.07 Å². The Morgan fingerprint density at radius 2 is 2.47 bits per heavy atom. The predicted octanol–water partition coefficient (Wildman–Crippen LogP) is 1.69. The summed E-state index contributed by atoms with van der Waals surface area (Å²) in [5, 5.41) is 9.91. The van der Waals surface area contributed by atoms with E-state index in [-0.39, 0.29) is 6.61 Å². The maximum atomic E-state index is 9.20. The quantitative estimate of drug-likeness (QED) is 0.852. The number of aliphatic hydroxyl groups is 1. The van der Waals surface area contributed by atoms with E-state index in [0.717, 1.165) is 31.5 Å². The maximum Gasteiger partial charge on any atom is 0.0634 e. The molecule has 15 heavy (non-hydrogen) atoms. The molecule has 82 valence electrons. The number of pyridine rings is 1. The van der Waals surface area contributed by atoms with Crippen LogP contribution < -0.4 is 0 Å². The Bertz CT molecular complexity index is 332. The number of halogens is 1. The number of aromatic nitrogens is 1. The molecule has 0 unspecified atom stereocenters. The van der Waals surface area contributed by atoms with E-state index < -0.39 is 0 Å². The van der Waals surface area contributed by atoms with Crippen LogP contribution in [-0.4, -0.2) is 34.2 Å². The molecule has 1 N–H and O–H groups in total. The molecule has 1 aliphatic rings. The summed E-state index contributed by atoms with van der Waals surface area (Å²) in [6, 6.07) is 2.24. The summed E-state index contributed by atoms with van der Waals surface area (Å²) in [4.78, 5) is 6.24. The van der Waals surface area contributed by atoms with Gasteiger partial charge in [-0.3, -0.25) is 9.88 Å². The van der Waals surface area contributed by atoms with Gasteiger partial charge in [0.15, 0.2) is 0 Å². The van der Waals surface area contributed by atoms with Crippen LogP contribution in [-0.2, 0) is 6.54 Å². The number of aliphatic hydroxyl groups excluding tert-OH is 1. The van der Waals surface area contributed by atoms with Gasteiger partial charge < -0.3 is 5.11 Å². The van der Waals surface area contributed by atoms with Crippen molar-refractivity contribution in [2.24, 2.45) is 0 Å². The van der Waals surface area contributed by atoms with Crippen molar-refractivity contribution in [3.8, 4) is 0 Å². The van der Waals surface area contributed by atoms with Crippen molar-refractivity contribution in [2.75, 3.05) is 13.2 Å². The Morgan fingerprint density at radius 1 is 1.60 bits per heavy atom. The van der Waals surface area contributed by atoms with E-state index >= 15 is 0 Å². The van der Waals surface area contributed by atoms with Crippen LogP contribution in [0, 0.1) is 0 Å². The van der Waals surface area contributed by atoms with Gasteiger partial charge in [0.25, 0.3) is 0 Å². The Labute approximate surface area is 94.7 Å². The lowest BCUT2D eigenvalue weighted by molar-refractivity contribution is 0.153. The molecule has 0 spiro atoms. The van der Waals surface area contributed by atoms with Crippen molar-refractivity contribution >= 4 is 11.6 Å². The van der Waals surface area contributed by atoms with Crippen LogP contribution in [0.5, 0.6) is 0 Å². The van der Waals surface area contributed by atoms with E-state index in [2.05, 4.69) is 9.88 Å². The minimum absolute atomic E-state index is 0.239. The lowest BCUT2D eigenvalue weighted by atomic mass is 10.2. The van der Waals surface area contributed by atoms with E-state index in [1.165, 1.54) is 0 Å². The van der Waals surface area contributed by atoms with Crippen molar-refractivity contribution in [3.63, 3.8) is 0 Å². The molecule has 1 aromatic rings. The van der Waals surface area contributed by atoms with Gasteiger partial charge in [-0.15, -0.1) is 0 Å². The van der Waals surface area contributed by atoms with Crippen LogP contribution in [0.2, 0.25) is 5.02 Å². The summed E-state index contributed by atoms with van der Waals surface area (Å²) in [6.45, 7) is 2.10. The van der Waals surface area contributed by atoms with Gasteiger partial charge in [-0.2, -0.15) is 0 Å². The molecule has 1 fully saturated rings. The first-order valence-corrected chi connectivity index (χ1v) is 5.62. The zero-order chi connectivity index (χ0) is 10.7. The van der Waals surface area contributed by atoms with Gasteiger partial charge in [0.05, 0.1) is 11.6 Å². The monoisotopic (exact) mass is 226 g/mol. The molecule has 1 aromatic heterocycles. The van der Waals surface area contributed by atoms with Gasteiger partial charge in [0.1, 0.15) is 0 Å². The Kier molecular flexibility index (Phi) is 3.57. The van der Waals surface area contributed by atoms with Crippen molar-refractivity contribution in [3.05, 3.63) is 29.0 Å². The summed E-state index contributed by atoms with van der Waals surface area (Å²) in [5.41, 5.74) is 1.09. The molecule has 2 rings (SSSR count). The normalized spacial score (nSPS) is 22.1. The molecule has 0 aliphatic carbocycles. The molecule has 0 bridgehead atoms. The zero-order valence-electron chi connectivity index (χ0n) is 8.56. The summed E-state index contributed by atoms with van der Waals surface area (Å²) in [5.74, 6) is 0. The zero-order valence-corrected chi connectivity index (χ0v) is 9.32. The van der Waals surface area contributed by atoms with E-state index in [0.29, 0.717) is 11.1 Å². The highest BCUT2D eigenvalue weighted by atomic mass is 35.5. The molecule has 0 saturated carbocycles. The van der Waals surface area contributed by atoms with Gasteiger partial charge in [-0.05, 0) is 31.0 Å². The van der Waals surface area contributed by atoms with Gasteiger partial charge >= 0.3 is 0 Å². The largest absolute Gasteiger partial charge is 0.395 e. The number of hydrogen-bond acceptors (Lipinski definition) is 3. The minimum atomic E-state index is 0.239.